The lowest BCUT2D eigenvalue weighted by Gasteiger charge is -2.27. The Labute approximate surface area is 167 Å². The lowest BCUT2D eigenvalue weighted by Crippen LogP contribution is -2.29. The largest absolute Gasteiger partial charge is 0.508 e. The van der Waals surface area contributed by atoms with Gasteiger partial charge in [0.2, 0.25) is 5.95 Å². The van der Waals surface area contributed by atoms with Crippen LogP contribution >= 0.6 is 0 Å². The number of nitrogens with zero attached hydrogens (tertiary/aromatic N) is 6. The molecule has 0 saturated heterocycles. The van der Waals surface area contributed by atoms with Crippen LogP contribution in [-0.4, -0.2) is 40.4 Å². The second-order valence-electron chi connectivity index (χ2n) is 6.56. The summed E-state index contributed by atoms with van der Waals surface area (Å²) in [4.78, 5) is 23.1. The number of non-ortho nitro benzene ring substituents is 1. The highest BCUT2D eigenvalue weighted by Gasteiger charge is 2.34. The van der Waals surface area contributed by atoms with Gasteiger partial charge in [0.1, 0.15) is 17.5 Å². The molecule has 0 fully saturated rings. The van der Waals surface area contributed by atoms with E-state index in [9.17, 15) is 20.0 Å². The summed E-state index contributed by atoms with van der Waals surface area (Å²) in [5.41, 5.74) is 1.87. The number of nitrogens with one attached hydrogen (secondary N) is 2. The van der Waals surface area contributed by atoms with Crippen molar-refractivity contribution in [3.8, 4) is 17.0 Å². The fourth-order valence-electron chi connectivity index (χ4n) is 3.46. The number of phenolic OH excluding ortho intramolecular Hbond substituents is 1. The highest BCUT2D eigenvalue weighted by atomic mass is 16.6. The Balaban J connectivity index is 1.76. The Hall–Kier alpha value is -4.61. The van der Waals surface area contributed by atoms with E-state index in [1.807, 2.05) is 0 Å². The van der Waals surface area contributed by atoms with Gasteiger partial charge in [0.05, 0.1) is 10.6 Å². The van der Waals surface area contributed by atoms with Crippen molar-refractivity contribution in [2.75, 3.05) is 5.32 Å². The third-order valence-electron chi connectivity index (χ3n) is 4.83. The van der Waals surface area contributed by atoms with Gasteiger partial charge in [0, 0.05) is 23.3 Å². The summed E-state index contributed by atoms with van der Waals surface area (Å²) in [5.74, 6) is 0.358. The van der Waals surface area contributed by atoms with Crippen molar-refractivity contribution in [2.24, 2.45) is 0 Å². The fraction of sp³-hybridized carbons (Fsp3) is 0.0556. The van der Waals surface area contributed by atoms with E-state index in [0.29, 0.717) is 22.4 Å². The molecular weight excluding hydrogens is 392 g/mol. The van der Waals surface area contributed by atoms with E-state index in [-0.39, 0.29) is 23.1 Å². The van der Waals surface area contributed by atoms with E-state index in [1.54, 1.807) is 24.3 Å². The summed E-state index contributed by atoms with van der Waals surface area (Å²) < 4.78 is 1.50. The van der Waals surface area contributed by atoms with Crippen molar-refractivity contribution in [3.05, 3.63) is 80.1 Å². The van der Waals surface area contributed by atoms with Crippen LogP contribution in [0.2, 0.25) is 0 Å². The molecular formula is C18H12N8O4. The molecule has 2 aromatic heterocycles. The summed E-state index contributed by atoms with van der Waals surface area (Å²) in [6, 6.07) is 11.7. The minimum absolute atomic E-state index is 0.0620. The van der Waals surface area contributed by atoms with Crippen LogP contribution in [-0.2, 0) is 0 Å². The monoisotopic (exact) mass is 404 g/mol. The summed E-state index contributed by atoms with van der Waals surface area (Å²) in [6.07, 6.45) is 0. The Morgan fingerprint density at radius 2 is 1.83 bits per heavy atom. The average molecular weight is 404 g/mol. The first-order valence-electron chi connectivity index (χ1n) is 8.74. The molecule has 1 atom stereocenters. The maximum Gasteiger partial charge on any atom is 0.288 e. The average Bonchev–Trinajstić information content (AvgIpc) is 3.22. The predicted molar refractivity (Wildman–Crippen MR) is 103 cm³/mol. The van der Waals surface area contributed by atoms with Crippen LogP contribution in [0.3, 0.4) is 0 Å². The zero-order valence-corrected chi connectivity index (χ0v) is 15.1. The van der Waals surface area contributed by atoms with Gasteiger partial charge in [-0.25, -0.2) is 5.10 Å². The Kier molecular flexibility index (Phi) is 3.78. The molecule has 4 aromatic rings. The molecule has 2 aromatic carbocycles. The third kappa shape index (κ3) is 2.66. The molecule has 1 unspecified atom stereocenters. The van der Waals surface area contributed by atoms with E-state index in [1.165, 1.54) is 28.9 Å². The van der Waals surface area contributed by atoms with Gasteiger partial charge in [0.25, 0.3) is 11.2 Å². The number of tetrazole rings is 1. The van der Waals surface area contributed by atoms with Crippen molar-refractivity contribution in [3.63, 3.8) is 0 Å². The standard InChI is InChI=1S/C18H12N8O4/c27-12-7-3-10(4-8-12)16-13-14(9-1-5-11(6-2-9)26(29)30)20-21-17(28)15(13)19-18-22-23-24-25(16)18/h1-8,16,27H,(H,21,28)(H,19,22,24). The molecule has 0 bridgehead atoms. The minimum Gasteiger partial charge on any atom is -0.508 e. The number of aromatic amines is 1. The van der Waals surface area contributed by atoms with Crippen molar-refractivity contribution in [1.82, 2.24) is 30.4 Å². The first-order chi connectivity index (χ1) is 14.5. The van der Waals surface area contributed by atoms with Gasteiger partial charge in [0.15, 0.2) is 0 Å². The summed E-state index contributed by atoms with van der Waals surface area (Å²) in [5, 5.41) is 41.9. The van der Waals surface area contributed by atoms with Crippen molar-refractivity contribution in [2.45, 2.75) is 6.04 Å². The quantitative estimate of drug-likeness (QED) is 0.300. The molecule has 1 aliphatic heterocycles. The molecule has 5 rings (SSSR count). The molecule has 30 heavy (non-hydrogen) atoms. The van der Waals surface area contributed by atoms with Gasteiger partial charge in [-0.05, 0) is 40.3 Å². The third-order valence-corrected chi connectivity index (χ3v) is 4.83. The number of nitro groups is 1. The van der Waals surface area contributed by atoms with Crippen LogP contribution < -0.4 is 10.9 Å². The molecule has 148 valence electrons. The van der Waals surface area contributed by atoms with E-state index < -0.39 is 16.5 Å². The van der Waals surface area contributed by atoms with Gasteiger partial charge >= 0.3 is 0 Å². The van der Waals surface area contributed by atoms with Gasteiger partial charge in [-0.15, -0.1) is 0 Å². The zero-order valence-electron chi connectivity index (χ0n) is 15.1. The second kappa shape index (κ2) is 6.48. The van der Waals surface area contributed by atoms with E-state index in [2.05, 4.69) is 31.0 Å². The van der Waals surface area contributed by atoms with Gasteiger partial charge in [-0.3, -0.25) is 14.9 Å². The number of aromatic hydroxyl groups is 1. The van der Waals surface area contributed by atoms with Crippen LogP contribution in [0.15, 0.2) is 53.3 Å². The van der Waals surface area contributed by atoms with Crippen LogP contribution in [0.25, 0.3) is 11.3 Å². The van der Waals surface area contributed by atoms with E-state index in [4.69, 9.17) is 0 Å². The summed E-state index contributed by atoms with van der Waals surface area (Å²) in [6.45, 7) is 0. The van der Waals surface area contributed by atoms with Crippen LogP contribution in [0.1, 0.15) is 17.2 Å². The maximum atomic E-state index is 12.6. The molecule has 0 spiro atoms. The second-order valence-corrected chi connectivity index (χ2v) is 6.56. The lowest BCUT2D eigenvalue weighted by atomic mass is 9.92. The smallest absolute Gasteiger partial charge is 0.288 e. The van der Waals surface area contributed by atoms with Crippen LogP contribution in [0.4, 0.5) is 17.3 Å². The number of aromatic nitrogens is 6. The summed E-state index contributed by atoms with van der Waals surface area (Å²) in [7, 11) is 0. The van der Waals surface area contributed by atoms with Crippen LogP contribution in [0, 0.1) is 10.1 Å². The van der Waals surface area contributed by atoms with Gasteiger partial charge < -0.3 is 10.4 Å². The number of anilines is 2. The number of hydrogen-bond acceptors (Lipinski definition) is 9. The Morgan fingerprint density at radius 3 is 2.53 bits per heavy atom. The first kappa shape index (κ1) is 17.5. The molecule has 12 heteroatoms. The number of benzene rings is 2. The molecule has 3 N–H and O–H groups in total. The molecule has 0 saturated carbocycles. The first-order valence-corrected chi connectivity index (χ1v) is 8.74. The van der Waals surface area contributed by atoms with Crippen molar-refractivity contribution < 1.29 is 10.0 Å². The summed E-state index contributed by atoms with van der Waals surface area (Å²) >= 11 is 0. The van der Waals surface area contributed by atoms with Gasteiger partial charge in [-0.2, -0.15) is 9.78 Å². The van der Waals surface area contributed by atoms with Crippen molar-refractivity contribution >= 4 is 17.3 Å². The zero-order chi connectivity index (χ0) is 20.8. The number of hydrogen-bond donors (Lipinski definition) is 3. The molecule has 1 aliphatic rings. The normalized spacial score (nSPS) is 14.5. The molecule has 3 heterocycles. The number of H-pyrrole nitrogens is 1. The number of phenols is 1. The number of rotatable bonds is 3. The topological polar surface area (TPSA) is 165 Å². The molecule has 0 aliphatic carbocycles. The fourth-order valence-corrected chi connectivity index (χ4v) is 3.46. The van der Waals surface area contributed by atoms with E-state index in [0.717, 1.165) is 0 Å². The highest BCUT2D eigenvalue weighted by Crippen LogP contribution is 2.41. The van der Waals surface area contributed by atoms with Crippen molar-refractivity contribution in [1.29, 1.82) is 0 Å². The lowest BCUT2D eigenvalue weighted by molar-refractivity contribution is -0.384. The van der Waals surface area contributed by atoms with Gasteiger partial charge in [-0.1, -0.05) is 17.2 Å². The molecule has 12 nitrogen and oxygen atoms in total. The van der Waals surface area contributed by atoms with Crippen LogP contribution in [0.5, 0.6) is 5.75 Å². The SMILES string of the molecule is O=c1[nH]nc(-c2ccc([N+](=O)[O-])cc2)c2c1Nc1nnnn1C2c1ccc(O)cc1. The maximum absolute atomic E-state index is 12.6. The Morgan fingerprint density at radius 1 is 1.10 bits per heavy atom. The minimum atomic E-state index is -0.619. The predicted octanol–water partition coefficient (Wildman–Crippen LogP) is 1.73. The highest BCUT2D eigenvalue weighted by molar-refractivity contribution is 5.75. The molecule has 0 radical (unpaired) electrons. The number of fused-ring (bicyclic) bond motifs is 2. The Bertz CT molecular complexity index is 1330. The van der Waals surface area contributed by atoms with E-state index >= 15 is 0 Å². The number of nitro benzene ring substituents is 1. The molecule has 0 amide bonds.